The Morgan fingerprint density at radius 2 is 1.92 bits per heavy atom. The van der Waals surface area contributed by atoms with Crippen molar-refractivity contribution in [3.8, 4) is 11.3 Å². The predicted octanol–water partition coefficient (Wildman–Crippen LogP) is 4.39. The van der Waals surface area contributed by atoms with E-state index in [1.165, 1.54) is 28.5 Å². The molecule has 0 unspecified atom stereocenters. The van der Waals surface area contributed by atoms with Gasteiger partial charge in [0, 0.05) is 23.8 Å². The van der Waals surface area contributed by atoms with Crippen LogP contribution in [0.1, 0.15) is 28.9 Å². The lowest BCUT2D eigenvalue weighted by atomic mass is 10.1. The highest BCUT2D eigenvalue weighted by molar-refractivity contribution is 7.21. The van der Waals surface area contributed by atoms with Crippen LogP contribution in [0.2, 0.25) is 0 Å². The summed E-state index contributed by atoms with van der Waals surface area (Å²) in [4.78, 5) is 45.6. The molecule has 4 heterocycles. The highest BCUT2D eigenvalue weighted by Gasteiger charge is 2.35. The highest BCUT2D eigenvalue weighted by Crippen LogP contribution is 2.45. The van der Waals surface area contributed by atoms with Gasteiger partial charge in [0.25, 0.3) is 5.91 Å². The van der Waals surface area contributed by atoms with Gasteiger partial charge in [-0.3, -0.25) is 14.5 Å². The molecule has 6 rings (SSSR count). The van der Waals surface area contributed by atoms with Crippen molar-refractivity contribution in [3.63, 3.8) is 0 Å². The van der Waals surface area contributed by atoms with Crippen molar-refractivity contribution >= 4 is 56.5 Å². The van der Waals surface area contributed by atoms with Crippen LogP contribution in [0, 0.1) is 0 Å². The Bertz CT molecular complexity index is 1590. The van der Waals surface area contributed by atoms with E-state index in [4.69, 9.17) is 0 Å². The van der Waals surface area contributed by atoms with Crippen LogP contribution in [0.5, 0.6) is 0 Å². The van der Waals surface area contributed by atoms with Gasteiger partial charge in [-0.15, -0.1) is 11.3 Å². The minimum absolute atomic E-state index is 0.174. The van der Waals surface area contributed by atoms with E-state index >= 15 is 0 Å². The van der Waals surface area contributed by atoms with Gasteiger partial charge in [0.2, 0.25) is 5.91 Å². The molecule has 0 bridgehead atoms. The number of amides is 4. The van der Waals surface area contributed by atoms with Crippen LogP contribution in [0.25, 0.3) is 21.5 Å². The molecule has 3 aromatic heterocycles. The van der Waals surface area contributed by atoms with Crippen LogP contribution in [0.3, 0.4) is 0 Å². The number of anilines is 3. The van der Waals surface area contributed by atoms with Gasteiger partial charge >= 0.3 is 6.03 Å². The number of nitrogens with one attached hydrogen (secondary N) is 3. The van der Waals surface area contributed by atoms with Gasteiger partial charge in [-0.25, -0.2) is 9.78 Å². The first-order chi connectivity index (χ1) is 18.5. The number of thiophene rings is 1. The lowest BCUT2D eigenvalue weighted by Gasteiger charge is -2.28. The van der Waals surface area contributed by atoms with Gasteiger partial charge in [-0.2, -0.15) is 10.2 Å². The smallest absolute Gasteiger partial charge is 0.331 e. The van der Waals surface area contributed by atoms with E-state index in [0.29, 0.717) is 37.8 Å². The van der Waals surface area contributed by atoms with E-state index in [2.05, 4.69) is 37.7 Å². The number of hydrogen-bond acceptors (Lipinski definition) is 7. The molecule has 1 aromatic carbocycles. The second kappa shape index (κ2) is 9.67. The summed E-state index contributed by atoms with van der Waals surface area (Å²) in [7, 11) is 0. The molecule has 2 aliphatic rings. The number of nitrogens with zero attached hydrogens (tertiary/aromatic N) is 4. The maximum Gasteiger partial charge on any atom is 0.331 e. The number of hydrogen-bond donors (Lipinski definition) is 3. The van der Waals surface area contributed by atoms with E-state index in [1.807, 2.05) is 30.3 Å². The van der Waals surface area contributed by atoms with Gasteiger partial charge in [-0.1, -0.05) is 36.9 Å². The topological polar surface area (TPSA) is 129 Å². The Morgan fingerprint density at radius 3 is 2.71 bits per heavy atom. The monoisotopic (exact) mass is 525 g/mol. The van der Waals surface area contributed by atoms with Crippen molar-refractivity contribution in [1.82, 2.24) is 25.8 Å². The minimum Gasteiger partial charge on any atom is -0.348 e. The fraction of sp³-hybridized carbons (Fsp3) is 0.185. The standard InChI is InChI=1S/C27H23N7O3S/c1-2-21(35)30-17-9-6-10-18(17)31-25(36)24-23-22-20(11-12-28-26(22)38-24)34(27(37)32-23)16-13-19(33-29-14-16)15-7-4-3-5-8-15/h2-5,7-8,11-14,17-18H,1,6,9-10H2,(H,30,35)(H,31,36)(H,32,37)/t17-,18+/m0/s1. The molecule has 11 heteroatoms. The summed E-state index contributed by atoms with van der Waals surface area (Å²) in [5.74, 6) is -0.584. The maximum atomic E-state index is 13.4. The fourth-order valence-corrected chi connectivity index (χ4v) is 6.03. The van der Waals surface area contributed by atoms with Gasteiger partial charge in [0.05, 0.1) is 34.3 Å². The molecule has 10 nitrogen and oxygen atoms in total. The Balaban J connectivity index is 1.34. The lowest BCUT2D eigenvalue weighted by molar-refractivity contribution is -0.117. The molecule has 4 aromatic rings. The molecule has 0 radical (unpaired) electrons. The zero-order chi connectivity index (χ0) is 26.2. The van der Waals surface area contributed by atoms with Crippen LogP contribution < -0.4 is 20.9 Å². The van der Waals surface area contributed by atoms with E-state index in [1.54, 1.807) is 18.3 Å². The normalized spacial score (nSPS) is 18.2. The van der Waals surface area contributed by atoms with Crippen LogP contribution in [-0.4, -0.2) is 45.1 Å². The summed E-state index contributed by atoms with van der Waals surface area (Å²) in [6.45, 7) is 3.50. The molecule has 2 atom stereocenters. The number of rotatable bonds is 6. The molecule has 1 aliphatic carbocycles. The van der Waals surface area contributed by atoms with Crippen LogP contribution in [-0.2, 0) is 4.79 Å². The largest absolute Gasteiger partial charge is 0.348 e. The molecule has 4 amide bonds. The maximum absolute atomic E-state index is 13.4. The van der Waals surface area contributed by atoms with E-state index in [-0.39, 0.29) is 23.9 Å². The number of benzene rings is 1. The van der Waals surface area contributed by atoms with Gasteiger partial charge < -0.3 is 16.0 Å². The van der Waals surface area contributed by atoms with Crippen molar-refractivity contribution < 1.29 is 14.4 Å². The molecule has 1 fully saturated rings. The first-order valence-electron chi connectivity index (χ1n) is 12.2. The fourth-order valence-electron chi connectivity index (χ4n) is 5.01. The van der Waals surface area contributed by atoms with E-state index < -0.39 is 6.03 Å². The summed E-state index contributed by atoms with van der Waals surface area (Å²) in [5.41, 5.74) is 3.09. The van der Waals surface area contributed by atoms with E-state index in [9.17, 15) is 14.4 Å². The Hall–Kier alpha value is -4.64. The summed E-state index contributed by atoms with van der Waals surface area (Å²) in [5, 5.41) is 17.9. The average molecular weight is 526 g/mol. The van der Waals surface area contributed by atoms with Crippen LogP contribution in [0.15, 0.2) is 67.5 Å². The second-order valence-electron chi connectivity index (χ2n) is 9.08. The highest BCUT2D eigenvalue weighted by atomic mass is 32.1. The first kappa shape index (κ1) is 23.7. The number of aromatic nitrogens is 3. The zero-order valence-corrected chi connectivity index (χ0v) is 21.0. The van der Waals surface area contributed by atoms with Gasteiger partial charge in [-0.05, 0) is 37.5 Å². The summed E-state index contributed by atoms with van der Waals surface area (Å²) < 4.78 is 0. The van der Waals surface area contributed by atoms with Gasteiger partial charge in [0.15, 0.2) is 0 Å². The van der Waals surface area contributed by atoms with Crippen LogP contribution in [0.4, 0.5) is 21.9 Å². The number of urea groups is 1. The summed E-state index contributed by atoms with van der Waals surface area (Å²) in [6.07, 6.45) is 6.77. The van der Waals surface area contributed by atoms with Crippen molar-refractivity contribution in [3.05, 3.63) is 72.4 Å². The SMILES string of the molecule is C=CC(=O)N[C@H]1CCC[C@H]1NC(=O)c1sc2nccc3c2c1NC(=O)N3c1cnnc(-c2ccccc2)c1. The number of pyridine rings is 1. The predicted molar refractivity (Wildman–Crippen MR) is 145 cm³/mol. The first-order valence-corrected chi connectivity index (χ1v) is 13.0. The van der Waals surface area contributed by atoms with Gasteiger partial charge in [0.1, 0.15) is 9.71 Å². The van der Waals surface area contributed by atoms with Crippen molar-refractivity contribution in [2.24, 2.45) is 0 Å². The number of carbonyl (C=O) groups is 3. The third kappa shape index (κ3) is 4.16. The Labute approximate surface area is 221 Å². The summed E-state index contributed by atoms with van der Waals surface area (Å²) >= 11 is 1.22. The lowest BCUT2D eigenvalue weighted by Crippen LogP contribution is -2.48. The molecule has 3 N–H and O–H groups in total. The number of carbonyl (C=O) groups excluding carboxylic acids is 3. The Morgan fingerprint density at radius 1 is 1.13 bits per heavy atom. The van der Waals surface area contributed by atoms with Crippen molar-refractivity contribution in [2.45, 2.75) is 31.3 Å². The molecule has 0 spiro atoms. The molecule has 38 heavy (non-hydrogen) atoms. The minimum atomic E-state index is -0.415. The molecular weight excluding hydrogens is 502 g/mol. The molecule has 0 saturated heterocycles. The zero-order valence-electron chi connectivity index (χ0n) is 20.2. The molecular formula is C27H23N7O3S. The quantitative estimate of drug-likeness (QED) is 0.320. The van der Waals surface area contributed by atoms with Crippen molar-refractivity contribution in [1.29, 1.82) is 0 Å². The third-order valence-corrected chi connectivity index (χ3v) is 7.86. The van der Waals surface area contributed by atoms with Crippen molar-refractivity contribution in [2.75, 3.05) is 10.2 Å². The average Bonchev–Trinajstić information content (AvgIpc) is 3.54. The third-order valence-electron chi connectivity index (χ3n) is 6.77. The van der Waals surface area contributed by atoms with E-state index in [0.717, 1.165) is 24.8 Å². The Kier molecular flexibility index (Phi) is 6.04. The second-order valence-corrected chi connectivity index (χ2v) is 10.1. The molecule has 190 valence electrons. The molecule has 1 saturated carbocycles. The summed E-state index contributed by atoms with van der Waals surface area (Å²) in [6, 6.07) is 12.3. The molecule has 1 aliphatic heterocycles. The van der Waals surface area contributed by atoms with Crippen LogP contribution >= 0.6 is 11.3 Å².